The first-order chi connectivity index (χ1) is 13.6. The molecule has 0 radical (unpaired) electrons. The summed E-state index contributed by atoms with van der Waals surface area (Å²) in [5, 5.41) is 4.79. The lowest BCUT2D eigenvalue weighted by Crippen LogP contribution is -2.47. The number of amides is 1. The number of hydrogen-bond donors (Lipinski definition) is 0. The van der Waals surface area contributed by atoms with Crippen molar-refractivity contribution in [3.8, 4) is 0 Å². The van der Waals surface area contributed by atoms with E-state index in [1.165, 1.54) is 43.6 Å². The number of aromatic nitrogens is 2. The van der Waals surface area contributed by atoms with Crippen molar-refractivity contribution < 1.29 is 4.79 Å². The molecular formula is C22H35N5O. The van der Waals surface area contributed by atoms with E-state index in [1.807, 2.05) is 15.7 Å². The van der Waals surface area contributed by atoms with E-state index in [2.05, 4.69) is 30.4 Å². The van der Waals surface area contributed by atoms with Gasteiger partial charge in [-0.3, -0.25) is 9.48 Å². The number of fused-ring (bicyclic) bond motifs is 1. The molecule has 28 heavy (non-hydrogen) atoms. The number of likely N-dealkylation sites (N-methyl/N-ethyl adjacent to an activating group) is 1. The first kappa shape index (κ1) is 19.6. The standard InChI is InChI=1S/C22H35N5O/c1-4-9-27-20-6-5-18(25-10-7-17(2)8-11-25)16-19(20)21(23-27)22(28)26-14-12-24(3)13-15-26/h4,17-18H,1,5-16H2,2-3H3. The number of nitrogens with zero attached hydrogens (tertiary/aromatic N) is 5. The van der Waals surface area contributed by atoms with Gasteiger partial charge in [0.05, 0.1) is 6.54 Å². The summed E-state index contributed by atoms with van der Waals surface area (Å²) in [7, 11) is 2.12. The van der Waals surface area contributed by atoms with Gasteiger partial charge >= 0.3 is 0 Å². The lowest BCUT2D eigenvalue weighted by molar-refractivity contribution is 0.0655. The van der Waals surface area contributed by atoms with Gasteiger partial charge < -0.3 is 14.7 Å². The van der Waals surface area contributed by atoms with Crippen LogP contribution in [-0.2, 0) is 19.4 Å². The maximum Gasteiger partial charge on any atom is 0.274 e. The zero-order valence-corrected chi connectivity index (χ0v) is 17.6. The maximum atomic E-state index is 13.3. The van der Waals surface area contributed by atoms with Gasteiger partial charge in [0.15, 0.2) is 5.69 Å². The average molecular weight is 386 g/mol. The summed E-state index contributed by atoms with van der Waals surface area (Å²) in [6, 6.07) is 0.556. The van der Waals surface area contributed by atoms with Crippen LogP contribution < -0.4 is 0 Å². The number of allylic oxidation sites excluding steroid dienone is 1. The molecule has 1 aliphatic carbocycles. The van der Waals surface area contributed by atoms with Gasteiger partial charge in [0.25, 0.3) is 5.91 Å². The molecule has 6 heteroatoms. The van der Waals surface area contributed by atoms with Crippen LogP contribution in [0.5, 0.6) is 0 Å². The number of piperazine rings is 1. The molecule has 2 aliphatic heterocycles. The molecule has 0 bridgehead atoms. The molecule has 154 valence electrons. The van der Waals surface area contributed by atoms with Crippen molar-refractivity contribution >= 4 is 5.91 Å². The Morgan fingerprint density at radius 1 is 1.14 bits per heavy atom. The van der Waals surface area contributed by atoms with Gasteiger partial charge in [-0.2, -0.15) is 5.10 Å². The Balaban J connectivity index is 1.56. The number of piperidine rings is 1. The quantitative estimate of drug-likeness (QED) is 0.744. The van der Waals surface area contributed by atoms with E-state index in [0.717, 1.165) is 44.9 Å². The van der Waals surface area contributed by atoms with E-state index in [-0.39, 0.29) is 5.91 Å². The summed E-state index contributed by atoms with van der Waals surface area (Å²) >= 11 is 0. The Hall–Kier alpha value is -1.66. The van der Waals surface area contributed by atoms with Crippen molar-refractivity contribution in [3.63, 3.8) is 0 Å². The molecule has 4 rings (SSSR count). The fraction of sp³-hybridized carbons (Fsp3) is 0.727. The van der Waals surface area contributed by atoms with Crippen LogP contribution in [0.3, 0.4) is 0 Å². The molecule has 2 fully saturated rings. The Kier molecular flexibility index (Phi) is 5.88. The van der Waals surface area contributed by atoms with Crippen molar-refractivity contribution in [1.82, 2.24) is 24.5 Å². The summed E-state index contributed by atoms with van der Waals surface area (Å²) in [6.45, 7) is 12.8. The van der Waals surface area contributed by atoms with E-state index in [0.29, 0.717) is 18.3 Å². The Morgan fingerprint density at radius 3 is 2.54 bits per heavy atom. The second-order valence-corrected chi connectivity index (χ2v) is 8.96. The largest absolute Gasteiger partial charge is 0.335 e. The third-order valence-corrected chi connectivity index (χ3v) is 6.95. The summed E-state index contributed by atoms with van der Waals surface area (Å²) in [6.07, 6.45) is 7.64. The lowest BCUT2D eigenvalue weighted by Gasteiger charge is -2.39. The molecule has 0 N–H and O–H groups in total. The van der Waals surface area contributed by atoms with E-state index in [1.54, 1.807) is 0 Å². The average Bonchev–Trinajstić information content (AvgIpc) is 3.07. The topological polar surface area (TPSA) is 44.6 Å². The third-order valence-electron chi connectivity index (χ3n) is 6.95. The van der Waals surface area contributed by atoms with Crippen LogP contribution in [0, 0.1) is 5.92 Å². The highest BCUT2D eigenvalue weighted by Crippen LogP contribution is 2.30. The third kappa shape index (κ3) is 3.90. The van der Waals surface area contributed by atoms with E-state index >= 15 is 0 Å². The fourth-order valence-corrected chi connectivity index (χ4v) is 4.98. The zero-order chi connectivity index (χ0) is 19.7. The van der Waals surface area contributed by atoms with Crippen LogP contribution in [0.4, 0.5) is 0 Å². The molecule has 3 aliphatic rings. The summed E-state index contributed by atoms with van der Waals surface area (Å²) < 4.78 is 2.03. The monoisotopic (exact) mass is 385 g/mol. The Morgan fingerprint density at radius 2 is 1.86 bits per heavy atom. The SMILES string of the molecule is C=CCn1nc(C(=O)N2CCN(C)CC2)c2c1CCC(N1CCC(C)CC1)C2. The molecule has 6 nitrogen and oxygen atoms in total. The molecule has 2 saturated heterocycles. The first-order valence-corrected chi connectivity index (χ1v) is 11.0. The van der Waals surface area contributed by atoms with E-state index in [4.69, 9.17) is 5.10 Å². The smallest absolute Gasteiger partial charge is 0.274 e. The summed E-state index contributed by atoms with van der Waals surface area (Å²) in [5.41, 5.74) is 3.18. The normalized spacial score (nSPS) is 24.9. The predicted octanol–water partition coefficient (Wildman–Crippen LogP) is 2.05. The molecule has 1 amide bonds. The molecule has 1 aromatic rings. The van der Waals surface area contributed by atoms with Crippen LogP contribution in [0.25, 0.3) is 0 Å². The minimum atomic E-state index is 0.125. The molecule has 1 aromatic heterocycles. The number of hydrogen-bond acceptors (Lipinski definition) is 4. The number of rotatable bonds is 4. The van der Waals surface area contributed by atoms with Crippen molar-refractivity contribution in [3.05, 3.63) is 29.6 Å². The van der Waals surface area contributed by atoms with Gasteiger partial charge in [-0.05, 0) is 58.2 Å². The van der Waals surface area contributed by atoms with Crippen LogP contribution in [-0.4, -0.2) is 82.7 Å². The van der Waals surface area contributed by atoms with Crippen LogP contribution in [0.2, 0.25) is 0 Å². The molecular weight excluding hydrogens is 350 g/mol. The number of carbonyl (C=O) groups is 1. The van der Waals surface area contributed by atoms with E-state index < -0.39 is 0 Å². The summed E-state index contributed by atoms with van der Waals surface area (Å²) in [5.74, 6) is 0.972. The number of likely N-dealkylation sites (tertiary alicyclic amines) is 1. The van der Waals surface area contributed by atoms with Crippen molar-refractivity contribution in [2.24, 2.45) is 5.92 Å². The van der Waals surface area contributed by atoms with Gasteiger partial charge in [0.2, 0.25) is 0 Å². The molecule has 1 unspecified atom stereocenters. The van der Waals surface area contributed by atoms with Crippen molar-refractivity contribution in [1.29, 1.82) is 0 Å². The molecule has 3 heterocycles. The predicted molar refractivity (Wildman–Crippen MR) is 112 cm³/mol. The molecule has 0 spiro atoms. The van der Waals surface area contributed by atoms with Crippen LogP contribution >= 0.6 is 0 Å². The van der Waals surface area contributed by atoms with Gasteiger partial charge in [-0.15, -0.1) is 6.58 Å². The number of carbonyl (C=O) groups excluding carboxylic acids is 1. The highest BCUT2D eigenvalue weighted by atomic mass is 16.2. The second kappa shape index (κ2) is 8.37. The van der Waals surface area contributed by atoms with Crippen molar-refractivity contribution in [2.75, 3.05) is 46.3 Å². The Labute approximate surface area is 169 Å². The molecule has 0 aromatic carbocycles. The fourth-order valence-electron chi connectivity index (χ4n) is 4.98. The zero-order valence-electron chi connectivity index (χ0n) is 17.6. The van der Waals surface area contributed by atoms with E-state index in [9.17, 15) is 4.79 Å². The second-order valence-electron chi connectivity index (χ2n) is 8.96. The highest BCUT2D eigenvalue weighted by molar-refractivity contribution is 5.94. The van der Waals surface area contributed by atoms with Gasteiger partial charge in [0.1, 0.15) is 0 Å². The minimum Gasteiger partial charge on any atom is -0.335 e. The van der Waals surface area contributed by atoms with Crippen LogP contribution in [0.1, 0.15) is 47.9 Å². The van der Waals surface area contributed by atoms with Gasteiger partial charge in [-0.25, -0.2) is 0 Å². The highest BCUT2D eigenvalue weighted by Gasteiger charge is 2.34. The van der Waals surface area contributed by atoms with Gasteiger partial charge in [0, 0.05) is 43.5 Å². The van der Waals surface area contributed by atoms with Gasteiger partial charge in [-0.1, -0.05) is 13.0 Å². The lowest BCUT2D eigenvalue weighted by atomic mass is 9.88. The Bertz CT molecular complexity index is 711. The minimum absolute atomic E-state index is 0.125. The van der Waals surface area contributed by atoms with Crippen molar-refractivity contribution in [2.45, 2.75) is 51.6 Å². The summed E-state index contributed by atoms with van der Waals surface area (Å²) in [4.78, 5) is 20.3. The molecule has 0 saturated carbocycles. The first-order valence-electron chi connectivity index (χ1n) is 11.0. The van der Waals surface area contributed by atoms with Crippen LogP contribution in [0.15, 0.2) is 12.7 Å². The molecule has 1 atom stereocenters. The maximum absolute atomic E-state index is 13.3.